The molecule has 3 heteroatoms. The first-order valence-electron chi connectivity index (χ1n) is 7.49. The Kier molecular flexibility index (Phi) is 5.37. The van der Waals surface area contributed by atoms with Gasteiger partial charge in [-0.2, -0.15) is 0 Å². The molecule has 0 aliphatic carbocycles. The summed E-state index contributed by atoms with van der Waals surface area (Å²) in [5, 5.41) is 3.68. The van der Waals surface area contributed by atoms with Gasteiger partial charge in [0.15, 0.2) is 0 Å². The van der Waals surface area contributed by atoms with E-state index < -0.39 is 0 Å². The molecule has 1 aliphatic heterocycles. The van der Waals surface area contributed by atoms with E-state index in [-0.39, 0.29) is 5.54 Å². The molecule has 0 aromatic heterocycles. The van der Waals surface area contributed by atoms with Gasteiger partial charge in [0, 0.05) is 25.2 Å². The van der Waals surface area contributed by atoms with Crippen molar-refractivity contribution in [1.29, 1.82) is 0 Å². The van der Waals surface area contributed by atoms with Crippen LogP contribution in [0.5, 0.6) is 0 Å². The van der Waals surface area contributed by atoms with Crippen LogP contribution in [0.1, 0.15) is 31.7 Å². The zero-order valence-electron chi connectivity index (χ0n) is 12.1. The van der Waals surface area contributed by atoms with Gasteiger partial charge in [-0.1, -0.05) is 37.3 Å². The normalized spacial score (nSPS) is 24.5. The second kappa shape index (κ2) is 7.04. The van der Waals surface area contributed by atoms with E-state index in [4.69, 9.17) is 5.73 Å². The maximum absolute atomic E-state index is 6.05. The van der Waals surface area contributed by atoms with Crippen molar-refractivity contribution in [3.05, 3.63) is 35.9 Å². The van der Waals surface area contributed by atoms with Gasteiger partial charge >= 0.3 is 0 Å². The maximum atomic E-state index is 6.05. The molecule has 0 saturated carbocycles. The molecule has 2 rings (SSSR count). The SMILES string of the molecule is CCCNC1(CN)CCCN(Cc2ccccc2)C1. The van der Waals surface area contributed by atoms with Gasteiger partial charge in [0.2, 0.25) is 0 Å². The monoisotopic (exact) mass is 261 g/mol. The quantitative estimate of drug-likeness (QED) is 0.823. The van der Waals surface area contributed by atoms with Crippen molar-refractivity contribution < 1.29 is 0 Å². The summed E-state index contributed by atoms with van der Waals surface area (Å²) in [6.45, 7) is 7.30. The van der Waals surface area contributed by atoms with E-state index in [0.717, 1.165) is 26.2 Å². The third kappa shape index (κ3) is 4.03. The lowest BCUT2D eigenvalue weighted by atomic mass is 9.88. The van der Waals surface area contributed by atoms with E-state index in [9.17, 15) is 0 Å². The van der Waals surface area contributed by atoms with E-state index in [1.165, 1.54) is 31.4 Å². The number of piperidine rings is 1. The average Bonchev–Trinajstić information content (AvgIpc) is 2.46. The molecule has 0 spiro atoms. The lowest BCUT2D eigenvalue weighted by Crippen LogP contribution is -2.61. The van der Waals surface area contributed by atoms with Crippen LogP contribution >= 0.6 is 0 Å². The van der Waals surface area contributed by atoms with Crippen molar-refractivity contribution in [2.24, 2.45) is 5.73 Å². The van der Waals surface area contributed by atoms with Crippen molar-refractivity contribution in [2.75, 3.05) is 26.2 Å². The molecule has 1 unspecified atom stereocenters. The number of rotatable bonds is 6. The molecule has 19 heavy (non-hydrogen) atoms. The minimum Gasteiger partial charge on any atom is -0.329 e. The molecule has 0 bridgehead atoms. The standard InChI is InChI=1S/C16H27N3/c1-2-10-18-16(13-17)9-6-11-19(14-16)12-15-7-4-3-5-8-15/h3-5,7-8,18H,2,6,9-14,17H2,1H3. The molecule has 0 amide bonds. The van der Waals surface area contributed by atoms with Gasteiger partial charge in [0.1, 0.15) is 0 Å². The Labute approximate surface area is 117 Å². The predicted octanol–water partition coefficient (Wildman–Crippen LogP) is 1.98. The van der Waals surface area contributed by atoms with E-state index in [0.29, 0.717) is 0 Å². The lowest BCUT2D eigenvalue weighted by Gasteiger charge is -2.43. The Morgan fingerprint density at radius 1 is 1.32 bits per heavy atom. The summed E-state index contributed by atoms with van der Waals surface area (Å²) in [7, 11) is 0. The molecule has 1 aliphatic rings. The van der Waals surface area contributed by atoms with Crippen LogP contribution in [-0.4, -0.2) is 36.6 Å². The minimum atomic E-state index is 0.128. The second-order valence-corrected chi connectivity index (χ2v) is 5.71. The van der Waals surface area contributed by atoms with Crippen molar-refractivity contribution >= 4 is 0 Å². The number of nitrogens with two attached hydrogens (primary N) is 1. The van der Waals surface area contributed by atoms with Gasteiger partial charge in [0.05, 0.1) is 0 Å². The van der Waals surface area contributed by atoms with Crippen LogP contribution in [0.3, 0.4) is 0 Å². The summed E-state index contributed by atoms with van der Waals surface area (Å²) < 4.78 is 0. The average molecular weight is 261 g/mol. The van der Waals surface area contributed by atoms with E-state index >= 15 is 0 Å². The van der Waals surface area contributed by atoms with Crippen LogP contribution in [0.4, 0.5) is 0 Å². The summed E-state index contributed by atoms with van der Waals surface area (Å²) in [4.78, 5) is 2.54. The van der Waals surface area contributed by atoms with E-state index in [1.807, 2.05) is 0 Å². The Morgan fingerprint density at radius 3 is 2.79 bits per heavy atom. The Hall–Kier alpha value is -0.900. The maximum Gasteiger partial charge on any atom is 0.0433 e. The first-order chi connectivity index (χ1) is 9.28. The third-order valence-corrected chi connectivity index (χ3v) is 4.05. The molecule has 1 fully saturated rings. The molecule has 3 nitrogen and oxygen atoms in total. The summed E-state index contributed by atoms with van der Waals surface area (Å²) in [6, 6.07) is 10.7. The molecule has 1 heterocycles. The summed E-state index contributed by atoms with van der Waals surface area (Å²) in [6.07, 6.45) is 3.61. The predicted molar refractivity (Wildman–Crippen MR) is 81.0 cm³/mol. The zero-order chi connectivity index (χ0) is 13.6. The molecule has 1 saturated heterocycles. The highest BCUT2D eigenvalue weighted by Gasteiger charge is 2.33. The molecule has 3 N–H and O–H groups in total. The summed E-state index contributed by atoms with van der Waals surface area (Å²) in [5.41, 5.74) is 7.57. The van der Waals surface area contributed by atoms with Crippen molar-refractivity contribution in [1.82, 2.24) is 10.2 Å². The molecule has 106 valence electrons. The van der Waals surface area contributed by atoms with E-state index in [1.54, 1.807) is 0 Å². The second-order valence-electron chi connectivity index (χ2n) is 5.71. The summed E-state index contributed by atoms with van der Waals surface area (Å²) >= 11 is 0. The minimum absolute atomic E-state index is 0.128. The number of hydrogen-bond donors (Lipinski definition) is 2. The fourth-order valence-electron chi connectivity index (χ4n) is 2.98. The van der Waals surface area contributed by atoms with Crippen LogP contribution in [-0.2, 0) is 6.54 Å². The van der Waals surface area contributed by atoms with Gasteiger partial charge in [-0.3, -0.25) is 4.90 Å². The highest BCUT2D eigenvalue weighted by molar-refractivity contribution is 5.14. The Balaban J connectivity index is 1.95. The highest BCUT2D eigenvalue weighted by Crippen LogP contribution is 2.22. The van der Waals surface area contributed by atoms with Gasteiger partial charge in [0.25, 0.3) is 0 Å². The van der Waals surface area contributed by atoms with Gasteiger partial charge < -0.3 is 11.1 Å². The molecule has 1 aromatic carbocycles. The smallest absolute Gasteiger partial charge is 0.0433 e. The Morgan fingerprint density at radius 2 is 2.11 bits per heavy atom. The highest BCUT2D eigenvalue weighted by atomic mass is 15.2. The fraction of sp³-hybridized carbons (Fsp3) is 0.625. The van der Waals surface area contributed by atoms with Crippen LogP contribution < -0.4 is 11.1 Å². The van der Waals surface area contributed by atoms with E-state index in [2.05, 4.69) is 47.5 Å². The summed E-state index contributed by atoms with van der Waals surface area (Å²) in [5.74, 6) is 0. The van der Waals surface area contributed by atoms with Gasteiger partial charge in [-0.15, -0.1) is 0 Å². The molecular weight excluding hydrogens is 234 g/mol. The van der Waals surface area contributed by atoms with Crippen LogP contribution in [0.15, 0.2) is 30.3 Å². The number of nitrogens with one attached hydrogen (secondary N) is 1. The first kappa shape index (κ1) is 14.5. The number of likely N-dealkylation sites (tertiary alicyclic amines) is 1. The van der Waals surface area contributed by atoms with Crippen LogP contribution in [0.25, 0.3) is 0 Å². The number of nitrogens with zero attached hydrogens (tertiary/aromatic N) is 1. The zero-order valence-corrected chi connectivity index (χ0v) is 12.1. The van der Waals surface area contributed by atoms with Crippen molar-refractivity contribution in [3.63, 3.8) is 0 Å². The van der Waals surface area contributed by atoms with Crippen molar-refractivity contribution in [3.8, 4) is 0 Å². The van der Waals surface area contributed by atoms with Crippen molar-refractivity contribution in [2.45, 2.75) is 38.3 Å². The first-order valence-corrected chi connectivity index (χ1v) is 7.49. The van der Waals surface area contributed by atoms with Crippen LogP contribution in [0.2, 0.25) is 0 Å². The molecule has 1 atom stereocenters. The lowest BCUT2D eigenvalue weighted by molar-refractivity contribution is 0.120. The largest absolute Gasteiger partial charge is 0.329 e. The number of benzene rings is 1. The van der Waals surface area contributed by atoms with Gasteiger partial charge in [-0.25, -0.2) is 0 Å². The van der Waals surface area contributed by atoms with Crippen LogP contribution in [0, 0.1) is 0 Å². The fourth-order valence-corrected chi connectivity index (χ4v) is 2.98. The molecule has 0 radical (unpaired) electrons. The third-order valence-electron chi connectivity index (χ3n) is 4.05. The Bertz CT molecular complexity index is 366. The molecular formula is C16H27N3. The topological polar surface area (TPSA) is 41.3 Å². The molecule has 1 aromatic rings. The number of hydrogen-bond acceptors (Lipinski definition) is 3. The van der Waals surface area contributed by atoms with Gasteiger partial charge in [-0.05, 0) is 37.9 Å².